The maximum Gasteiger partial charge on any atom is 0.306 e. The lowest BCUT2D eigenvalue weighted by Crippen LogP contribution is -2.42. The SMILES string of the molecule is CCC[C@@H](CC1(C(=O)NCCCc2ccc(OC)cc2)CCCC1)C(=O)O. The number of benzene rings is 1. The fourth-order valence-electron chi connectivity index (χ4n) is 4.18. The quantitative estimate of drug-likeness (QED) is 0.569. The van der Waals surface area contributed by atoms with Crippen molar-refractivity contribution in [3.05, 3.63) is 29.8 Å². The van der Waals surface area contributed by atoms with Gasteiger partial charge in [-0.3, -0.25) is 9.59 Å². The molecule has 150 valence electrons. The Morgan fingerprint density at radius 1 is 1.22 bits per heavy atom. The van der Waals surface area contributed by atoms with Crippen molar-refractivity contribution in [1.82, 2.24) is 5.32 Å². The zero-order valence-electron chi connectivity index (χ0n) is 16.6. The number of methoxy groups -OCH3 is 1. The van der Waals surface area contributed by atoms with E-state index in [-0.39, 0.29) is 5.91 Å². The summed E-state index contributed by atoms with van der Waals surface area (Å²) in [7, 11) is 1.65. The minimum Gasteiger partial charge on any atom is -0.497 e. The minimum absolute atomic E-state index is 0.0529. The van der Waals surface area contributed by atoms with Crippen LogP contribution in [0.3, 0.4) is 0 Å². The van der Waals surface area contributed by atoms with Gasteiger partial charge in [0.2, 0.25) is 5.91 Å². The monoisotopic (exact) mass is 375 g/mol. The van der Waals surface area contributed by atoms with E-state index >= 15 is 0 Å². The van der Waals surface area contributed by atoms with Crippen molar-refractivity contribution in [3.63, 3.8) is 0 Å². The Labute approximate surface area is 162 Å². The molecule has 2 rings (SSSR count). The second-order valence-electron chi connectivity index (χ2n) is 7.72. The van der Waals surface area contributed by atoms with Crippen LogP contribution in [0.1, 0.15) is 63.9 Å². The van der Waals surface area contributed by atoms with Gasteiger partial charge in [-0.2, -0.15) is 0 Å². The van der Waals surface area contributed by atoms with E-state index < -0.39 is 17.3 Å². The Morgan fingerprint density at radius 2 is 1.89 bits per heavy atom. The summed E-state index contributed by atoms with van der Waals surface area (Å²) in [6.45, 7) is 2.62. The molecule has 1 aromatic carbocycles. The molecule has 1 aromatic rings. The van der Waals surface area contributed by atoms with Gasteiger partial charge in [-0.1, -0.05) is 38.3 Å². The lowest BCUT2D eigenvalue weighted by Gasteiger charge is -2.30. The molecule has 1 fully saturated rings. The number of aliphatic carboxylic acids is 1. The minimum atomic E-state index is -0.768. The van der Waals surface area contributed by atoms with E-state index in [0.717, 1.165) is 50.7 Å². The highest BCUT2D eigenvalue weighted by Gasteiger charge is 2.43. The van der Waals surface area contributed by atoms with Crippen molar-refractivity contribution in [1.29, 1.82) is 0 Å². The molecule has 0 spiro atoms. The molecule has 0 unspecified atom stereocenters. The summed E-state index contributed by atoms with van der Waals surface area (Å²) in [5.41, 5.74) is 0.729. The first-order valence-electron chi connectivity index (χ1n) is 10.1. The van der Waals surface area contributed by atoms with Gasteiger partial charge in [-0.05, 0) is 56.2 Å². The number of carbonyl (C=O) groups is 2. The van der Waals surface area contributed by atoms with Gasteiger partial charge in [0.25, 0.3) is 0 Å². The van der Waals surface area contributed by atoms with E-state index in [1.54, 1.807) is 7.11 Å². The Hall–Kier alpha value is -2.04. The van der Waals surface area contributed by atoms with Crippen molar-refractivity contribution in [2.75, 3.05) is 13.7 Å². The molecule has 27 heavy (non-hydrogen) atoms. The molecule has 0 bridgehead atoms. The van der Waals surface area contributed by atoms with Gasteiger partial charge < -0.3 is 15.2 Å². The average Bonchev–Trinajstić information content (AvgIpc) is 3.15. The summed E-state index contributed by atoms with van der Waals surface area (Å²) in [5, 5.41) is 12.6. The topological polar surface area (TPSA) is 75.6 Å². The Kier molecular flexibility index (Phi) is 8.14. The maximum absolute atomic E-state index is 12.9. The zero-order valence-corrected chi connectivity index (χ0v) is 16.6. The highest BCUT2D eigenvalue weighted by atomic mass is 16.5. The van der Waals surface area contributed by atoms with Crippen LogP contribution in [0.15, 0.2) is 24.3 Å². The van der Waals surface area contributed by atoms with Gasteiger partial charge in [0, 0.05) is 12.0 Å². The fourth-order valence-corrected chi connectivity index (χ4v) is 4.18. The summed E-state index contributed by atoms with van der Waals surface area (Å²) < 4.78 is 5.16. The summed E-state index contributed by atoms with van der Waals surface area (Å²) in [4.78, 5) is 24.5. The van der Waals surface area contributed by atoms with Crippen LogP contribution in [0.5, 0.6) is 5.75 Å². The number of carboxylic acids is 1. The summed E-state index contributed by atoms with van der Waals surface area (Å²) >= 11 is 0. The first kappa shape index (κ1) is 21.3. The highest BCUT2D eigenvalue weighted by molar-refractivity contribution is 5.83. The molecule has 0 aliphatic heterocycles. The number of carbonyl (C=O) groups excluding carboxylic acids is 1. The van der Waals surface area contributed by atoms with Gasteiger partial charge >= 0.3 is 5.97 Å². The third-order valence-electron chi connectivity index (χ3n) is 5.75. The summed E-state index contributed by atoms with van der Waals surface area (Å²) in [5.74, 6) is -0.291. The van der Waals surface area contributed by atoms with E-state index in [1.807, 2.05) is 31.2 Å². The van der Waals surface area contributed by atoms with Gasteiger partial charge in [0.15, 0.2) is 0 Å². The van der Waals surface area contributed by atoms with Crippen molar-refractivity contribution in [2.45, 2.75) is 64.7 Å². The third-order valence-corrected chi connectivity index (χ3v) is 5.75. The van der Waals surface area contributed by atoms with Crippen molar-refractivity contribution < 1.29 is 19.4 Å². The molecule has 0 heterocycles. The second kappa shape index (κ2) is 10.3. The number of hydrogen-bond acceptors (Lipinski definition) is 3. The van der Waals surface area contributed by atoms with Crippen molar-refractivity contribution in [3.8, 4) is 5.75 Å². The van der Waals surface area contributed by atoms with Crippen LogP contribution in [0, 0.1) is 11.3 Å². The molecule has 0 saturated heterocycles. The van der Waals surface area contributed by atoms with Crippen LogP contribution < -0.4 is 10.1 Å². The van der Waals surface area contributed by atoms with Crippen LogP contribution in [-0.4, -0.2) is 30.6 Å². The smallest absolute Gasteiger partial charge is 0.306 e. The molecule has 1 amide bonds. The molecule has 0 radical (unpaired) electrons. The molecule has 1 aliphatic carbocycles. The lowest BCUT2D eigenvalue weighted by molar-refractivity contribution is -0.144. The van der Waals surface area contributed by atoms with E-state index in [2.05, 4.69) is 5.32 Å². The first-order valence-corrected chi connectivity index (χ1v) is 10.1. The second-order valence-corrected chi connectivity index (χ2v) is 7.72. The van der Waals surface area contributed by atoms with Crippen molar-refractivity contribution >= 4 is 11.9 Å². The molecular weight excluding hydrogens is 342 g/mol. The average molecular weight is 376 g/mol. The normalized spacial score (nSPS) is 16.7. The number of hydrogen-bond donors (Lipinski definition) is 2. The molecule has 5 nitrogen and oxygen atoms in total. The van der Waals surface area contributed by atoms with Crippen LogP contribution >= 0.6 is 0 Å². The molecule has 0 aromatic heterocycles. The number of aryl methyl sites for hydroxylation is 1. The van der Waals surface area contributed by atoms with Gasteiger partial charge in [0.1, 0.15) is 5.75 Å². The molecule has 2 N–H and O–H groups in total. The Morgan fingerprint density at radius 3 is 2.44 bits per heavy atom. The number of carboxylic acid groups (broad SMARTS) is 1. The fraction of sp³-hybridized carbons (Fsp3) is 0.636. The highest BCUT2D eigenvalue weighted by Crippen LogP contribution is 2.44. The van der Waals surface area contributed by atoms with Crippen LogP contribution in [-0.2, 0) is 16.0 Å². The standard InChI is InChI=1S/C22H33NO4/c1-3-7-18(20(24)25)16-22(13-4-5-14-22)21(26)23-15-6-8-17-9-11-19(27-2)12-10-17/h9-12,18H,3-8,13-16H2,1-2H3,(H,23,26)(H,24,25)/t18-/m0/s1. The molecule has 1 atom stereocenters. The largest absolute Gasteiger partial charge is 0.497 e. The predicted molar refractivity (Wildman–Crippen MR) is 106 cm³/mol. The Bertz CT molecular complexity index is 605. The first-order chi connectivity index (χ1) is 13.0. The zero-order chi connectivity index (χ0) is 19.7. The summed E-state index contributed by atoms with van der Waals surface area (Å²) in [6, 6.07) is 7.98. The van der Waals surface area contributed by atoms with Gasteiger partial charge in [-0.15, -0.1) is 0 Å². The maximum atomic E-state index is 12.9. The van der Waals surface area contributed by atoms with E-state index in [0.29, 0.717) is 19.4 Å². The molecule has 5 heteroatoms. The summed E-state index contributed by atoms with van der Waals surface area (Å²) in [6.07, 6.45) is 7.35. The van der Waals surface area contributed by atoms with E-state index in [4.69, 9.17) is 4.74 Å². The third kappa shape index (κ3) is 5.98. The molecular formula is C22H33NO4. The van der Waals surface area contributed by atoms with Crippen molar-refractivity contribution in [2.24, 2.45) is 11.3 Å². The molecule has 1 saturated carbocycles. The van der Waals surface area contributed by atoms with Crippen LogP contribution in [0.2, 0.25) is 0 Å². The Balaban J connectivity index is 1.86. The number of nitrogens with one attached hydrogen (secondary N) is 1. The van der Waals surface area contributed by atoms with E-state index in [1.165, 1.54) is 5.56 Å². The number of amides is 1. The predicted octanol–water partition coefficient (Wildman–Crippen LogP) is 4.20. The number of rotatable bonds is 11. The van der Waals surface area contributed by atoms with E-state index in [9.17, 15) is 14.7 Å². The molecule has 1 aliphatic rings. The van der Waals surface area contributed by atoms with Crippen LogP contribution in [0.25, 0.3) is 0 Å². The number of ether oxygens (including phenoxy) is 1. The van der Waals surface area contributed by atoms with Crippen LogP contribution in [0.4, 0.5) is 0 Å². The lowest BCUT2D eigenvalue weighted by atomic mass is 9.75. The van der Waals surface area contributed by atoms with Gasteiger partial charge in [-0.25, -0.2) is 0 Å². The van der Waals surface area contributed by atoms with Gasteiger partial charge in [0.05, 0.1) is 13.0 Å².